The Balaban J connectivity index is 1.67. The lowest BCUT2D eigenvalue weighted by Gasteiger charge is -2.29. The number of hydrogen-bond acceptors (Lipinski definition) is 7. The van der Waals surface area contributed by atoms with Gasteiger partial charge in [-0.15, -0.1) is 0 Å². The number of fused-ring (bicyclic) bond motifs is 1. The Labute approximate surface area is 180 Å². The molecule has 0 atom stereocenters. The van der Waals surface area contributed by atoms with Gasteiger partial charge in [0.05, 0.1) is 30.6 Å². The van der Waals surface area contributed by atoms with Gasteiger partial charge >= 0.3 is 0 Å². The summed E-state index contributed by atoms with van der Waals surface area (Å²) in [5.41, 5.74) is 10.8. The van der Waals surface area contributed by atoms with Crippen LogP contribution >= 0.6 is 0 Å². The molecule has 3 heterocycles. The van der Waals surface area contributed by atoms with E-state index in [9.17, 15) is 0 Å². The molecule has 0 saturated carbocycles. The van der Waals surface area contributed by atoms with E-state index in [1.165, 1.54) is 0 Å². The van der Waals surface area contributed by atoms with E-state index in [1.54, 1.807) is 24.8 Å². The van der Waals surface area contributed by atoms with E-state index in [0.29, 0.717) is 24.7 Å². The Kier molecular flexibility index (Phi) is 6.13. The van der Waals surface area contributed by atoms with Gasteiger partial charge in [-0.1, -0.05) is 6.07 Å². The van der Waals surface area contributed by atoms with Gasteiger partial charge in [0.25, 0.3) is 0 Å². The number of aromatic nitrogens is 4. The van der Waals surface area contributed by atoms with Crippen molar-refractivity contribution in [3.8, 4) is 0 Å². The molecule has 1 aliphatic rings. The number of nitrogens with zero attached hydrogens (tertiary/aromatic N) is 6. The lowest BCUT2D eigenvalue weighted by atomic mass is 10.0. The summed E-state index contributed by atoms with van der Waals surface area (Å²) in [6, 6.07) is 6.08. The van der Waals surface area contributed by atoms with Crippen LogP contribution in [-0.2, 0) is 4.74 Å². The van der Waals surface area contributed by atoms with Crippen molar-refractivity contribution in [2.45, 2.75) is 6.92 Å². The van der Waals surface area contributed by atoms with Gasteiger partial charge in [0.2, 0.25) is 0 Å². The van der Waals surface area contributed by atoms with Gasteiger partial charge < -0.3 is 15.4 Å². The Morgan fingerprint density at radius 1 is 1.29 bits per heavy atom. The van der Waals surface area contributed by atoms with Gasteiger partial charge in [0.1, 0.15) is 5.69 Å². The smallest absolute Gasteiger partial charge is 0.172 e. The van der Waals surface area contributed by atoms with E-state index >= 15 is 0 Å². The predicted octanol–water partition coefficient (Wildman–Crippen LogP) is 2.67. The molecule has 0 radical (unpaired) electrons. The molecule has 1 aliphatic heterocycles. The van der Waals surface area contributed by atoms with Crippen LogP contribution in [0.25, 0.3) is 16.5 Å². The highest BCUT2D eigenvalue weighted by Crippen LogP contribution is 2.24. The van der Waals surface area contributed by atoms with E-state index < -0.39 is 0 Å². The fourth-order valence-electron chi connectivity index (χ4n) is 3.41. The predicted molar refractivity (Wildman–Crippen MR) is 122 cm³/mol. The fraction of sp³-hybridized carbons (Fsp3) is 0.227. The summed E-state index contributed by atoms with van der Waals surface area (Å²) in [5, 5.41) is 8.24. The number of nitrogens with two attached hydrogens (primary N) is 1. The first kappa shape index (κ1) is 20.4. The van der Waals surface area contributed by atoms with Gasteiger partial charge in [0, 0.05) is 37.1 Å². The number of allylic oxidation sites excluding steroid dienone is 2. The van der Waals surface area contributed by atoms with Gasteiger partial charge in [-0.2, -0.15) is 5.10 Å². The van der Waals surface area contributed by atoms with E-state index in [4.69, 9.17) is 10.5 Å². The maximum atomic E-state index is 6.22. The fourth-order valence-corrected chi connectivity index (χ4v) is 3.41. The van der Waals surface area contributed by atoms with Crippen LogP contribution in [-0.4, -0.2) is 63.9 Å². The second-order valence-electron chi connectivity index (χ2n) is 7.06. The largest absolute Gasteiger partial charge is 0.382 e. The lowest BCUT2D eigenvalue weighted by molar-refractivity contribution is 0.0553. The summed E-state index contributed by atoms with van der Waals surface area (Å²) in [6.07, 6.45) is 8.59. The van der Waals surface area contributed by atoms with Crippen molar-refractivity contribution in [2.75, 3.05) is 26.3 Å². The molecule has 1 saturated heterocycles. The van der Waals surface area contributed by atoms with Crippen LogP contribution in [0.2, 0.25) is 0 Å². The summed E-state index contributed by atoms with van der Waals surface area (Å²) in [4.78, 5) is 18.7. The number of H-pyrrole nitrogens is 1. The van der Waals surface area contributed by atoms with Crippen molar-refractivity contribution < 1.29 is 4.74 Å². The molecule has 9 heteroatoms. The number of amidine groups is 1. The third kappa shape index (κ3) is 4.67. The van der Waals surface area contributed by atoms with Gasteiger partial charge in [-0.25, -0.2) is 9.98 Å². The molecule has 31 heavy (non-hydrogen) atoms. The maximum Gasteiger partial charge on any atom is 0.172 e. The SMILES string of the molecule is C=N/C=C(\C=C(/C)c1ccc2[nH]nc(C(N)=Nc3cnccn3)c2c1)N1CCOCC1. The average molecular weight is 416 g/mol. The van der Waals surface area contributed by atoms with E-state index in [0.717, 1.165) is 40.8 Å². The number of nitrogens with one attached hydrogen (secondary N) is 1. The third-order valence-corrected chi connectivity index (χ3v) is 5.01. The number of rotatable bonds is 6. The standard InChI is InChI=1S/C22H24N8O/c1-15(11-17(13-24-2)30-7-9-31-10-8-30)16-3-4-19-18(12-16)21(29-28-19)22(23)27-20-14-25-5-6-26-20/h3-6,11-14H,2,7-10H2,1H3,(H,28,29)(H2,23,26,27)/b15-11+,17-13+. The highest BCUT2D eigenvalue weighted by molar-refractivity contribution is 6.08. The molecular formula is C22H24N8O. The van der Waals surface area contributed by atoms with E-state index in [2.05, 4.69) is 60.8 Å². The van der Waals surface area contributed by atoms with Crippen LogP contribution < -0.4 is 5.73 Å². The summed E-state index contributed by atoms with van der Waals surface area (Å²) in [5.74, 6) is 0.705. The highest BCUT2D eigenvalue weighted by Gasteiger charge is 2.14. The molecule has 1 aromatic carbocycles. The summed E-state index contributed by atoms with van der Waals surface area (Å²) in [6.45, 7) is 8.74. The Bertz CT molecular complexity index is 1160. The second kappa shape index (κ2) is 9.31. The number of hydrogen-bond donors (Lipinski definition) is 2. The molecule has 4 rings (SSSR count). The van der Waals surface area contributed by atoms with Crippen LogP contribution in [0.4, 0.5) is 5.82 Å². The number of aliphatic imine (C=N–C) groups is 2. The van der Waals surface area contributed by atoms with E-state index in [1.807, 2.05) is 12.1 Å². The zero-order valence-electron chi connectivity index (χ0n) is 17.3. The first-order chi connectivity index (χ1) is 15.2. The van der Waals surface area contributed by atoms with Gasteiger partial charge in [0.15, 0.2) is 11.7 Å². The summed E-state index contributed by atoms with van der Waals surface area (Å²) < 4.78 is 5.46. The zero-order valence-corrected chi connectivity index (χ0v) is 17.3. The first-order valence-electron chi connectivity index (χ1n) is 9.92. The second-order valence-corrected chi connectivity index (χ2v) is 7.06. The minimum Gasteiger partial charge on any atom is -0.382 e. The minimum atomic E-state index is 0.273. The van der Waals surface area contributed by atoms with Crippen LogP contribution in [0.3, 0.4) is 0 Å². The van der Waals surface area contributed by atoms with Gasteiger partial charge in [-0.3, -0.25) is 15.1 Å². The highest BCUT2D eigenvalue weighted by atomic mass is 16.5. The monoisotopic (exact) mass is 416 g/mol. The Hall–Kier alpha value is -3.85. The molecule has 2 aromatic heterocycles. The summed E-state index contributed by atoms with van der Waals surface area (Å²) >= 11 is 0. The van der Waals surface area contributed by atoms with E-state index in [-0.39, 0.29) is 5.84 Å². The zero-order chi connectivity index (χ0) is 21.6. The molecule has 0 aliphatic carbocycles. The van der Waals surface area contributed by atoms with Crippen LogP contribution in [0.1, 0.15) is 18.2 Å². The summed E-state index contributed by atoms with van der Waals surface area (Å²) in [7, 11) is 0. The third-order valence-electron chi connectivity index (χ3n) is 5.01. The topological polar surface area (TPSA) is 118 Å². The molecular weight excluding hydrogens is 392 g/mol. The molecule has 1 fully saturated rings. The quantitative estimate of drug-likeness (QED) is 0.362. The van der Waals surface area contributed by atoms with Crippen molar-refractivity contribution in [1.82, 2.24) is 25.1 Å². The number of morpholine rings is 1. The molecule has 0 bridgehead atoms. The first-order valence-corrected chi connectivity index (χ1v) is 9.92. The molecule has 3 N–H and O–H groups in total. The van der Waals surface area contributed by atoms with Gasteiger partial charge in [-0.05, 0) is 43.0 Å². The van der Waals surface area contributed by atoms with Crippen LogP contribution in [0.5, 0.6) is 0 Å². The van der Waals surface area contributed by atoms with Crippen molar-refractivity contribution >= 4 is 34.8 Å². The molecule has 158 valence electrons. The van der Waals surface area contributed by atoms with Crippen molar-refractivity contribution in [3.05, 3.63) is 66.0 Å². The van der Waals surface area contributed by atoms with Crippen LogP contribution in [0.15, 0.2) is 64.7 Å². The Morgan fingerprint density at radius 3 is 2.87 bits per heavy atom. The maximum absolute atomic E-state index is 6.22. The Morgan fingerprint density at radius 2 is 2.13 bits per heavy atom. The number of benzene rings is 1. The van der Waals surface area contributed by atoms with Crippen molar-refractivity contribution in [2.24, 2.45) is 15.7 Å². The molecule has 0 unspecified atom stereocenters. The molecule has 0 amide bonds. The number of aromatic amines is 1. The number of ether oxygens (including phenoxy) is 1. The lowest BCUT2D eigenvalue weighted by Crippen LogP contribution is -2.35. The normalized spacial score (nSPS) is 16.0. The average Bonchev–Trinajstić information content (AvgIpc) is 3.23. The molecule has 3 aromatic rings. The minimum absolute atomic E-state index is 0.273. The molecule has 0 spiro atoms. The van der Waals surface area contributed by atoms with Crippen molar-refractivity contribution in [3.63, 3.8) is 0 Å². The molecule has 9 nitrogen and oxygen atoms in total. The van der Waals surface area contributed by atoms with Crippen LogP contribution in [0, 0.1) is 0 Å². The van der Waals surface area contributed by atoms with Crippen molar-refractivity contribution in [1.29, 1.82) is 0 Å².